The van der Waals surface area contributed by atoms with E-state index in [-0.39, 0.29) is 5.69 Å². The molecule has 0 fully saturated rings. The van der Waals surface area contributed by atoms with Crippen molar-refractivity contribution < 1.29 is 0 Å². The molecule has 2 aromatic heterocycles. The second kappa shape index (κ2) is 2.37. The Labute approximate surface area is 67.7 Å². The fraction of sp³-hybridized carbons (Fsp3) is 0.143. The number of aromatic nitrogens is 4. The summed E-state index contributed by atoms with van der Waals surface area (Å²) in [4.78, 5) is 22.4. The molecular weight excluding hydrogens is 156 g/mol. The maximum absolute atomic E-state index is 11.0. The fourth-order valence-corrected chi connectivity index (χ4v) is 1.01. The first-order valence-corrected chi connectivity index (χ1v) is 3.41. The molecule has 0 saturated carbocycles. The molecule has 60 valence electrons. The predicted octanol–water partition coefficient (Wildman–Crippen LogP) is -0.277. The van der Waals surface area contributed by atoms with Gasteiger partial charge in [-0.1, -0.05) is 0 Å². The molecule has 0 saturated heterocycles. The maximum Gasteiger partial charge on any atom is 0.348 e. The Kier molecular flexibility index (Phi) is 1.36. The van der Waals surface area contributed by atoms with E-state index in [1.165, 1.54) is 17.1 Å². The number of fused-ring (bicyclic) bond motifs is 1. The minimum Gasteiger partial charge on any atom is -0.279 e. The number of rotatable bonds is 0. The zero-order chi connectivity index (χ0) is 8.55. The Morgan fingerprint density at radius 3 is 3.00 bits per heavy atom. The number of hydrogen-bond donors (Lipinski definition) is 0. The molecule has 12 heavy (non-hydrogen) atoms. The Morgan fingerprint density at radius 1 is 1.33 bits per heavy atom. The number of nitrogens with zero attached hydrogens (tertiary/aromatic N) is 4. The Balaban J connectivity index is 3.01. The van der Waals surface area contributed by atoms with Crippen LogP contribution < -0.4 is 5.69 Å². The molecule has 0 bridgehead atoms. The lowest BCUT2D eigenvalue weighted by molar-refractivity contribution is 0.835. The molecule has 0 N–H and O–H groups in total. The molecule has 2 heterocycles. The van der Waals surface area contributed by atoms with Gasteiger partial charge in [-0.25, -0.2) is 19.7 Å². The molecule has 2 rings (SSSR count). The summed E-state index contributed by atoms with van der Waals surface area (Å²) in [6.45, 7) is 0. The summed E-state index contributed by atoms with van der Waals surface area (Å²) in [6.07, 6.45) is 4.49. The third-order valence-electron chi connectivity index (χ3n) is 1.64. The molecule has 0 atom stereocenters. The summed E-state index contributed by atoms with van der Waals surface area (Å²) in [6, 6.07) is 0. The molecule has 0 spiro atoms. The van der Waals surface area contributed by atoms with Crippen LogP contribution in [0.2, 0.25) is 0 Å². The van der Waals surface area contributed by atoms with Crippen LogP contribution in [0, 0.1) is 0 Å². The summed E-state index contributed by atoms with van der Waals surface area (Å²) in [5, 5.41) is 0.764. The lowest BCUT2D eigenvalue weighted by atomic mass is 10.4. The van der Waals surface area contributed by atoms with Gasteiger partial charge in [-0.3, -0.25) is 4.57 Å². The van der Waals surface area contributed by atoms with Crippen molar-refractivity contribution in [3.63, 3.8) is 0 Å². The Hall–Kier alpha value is -1.78. The van der Waals surface area contributed by atoms with E-state index in [0.29, 0.717) is 5.65 Å². The van der Waals surface area contributed by atoms with Gasteiger partial charge in [0.1, 0.15) is 12.0 Å². The van der Waals surface area contributed by atoms with Crippen molar-refractivity contribution in [1.29, 1.82) is 0 Å². The molecule has 0 aliphatic carbocycles. The smallest absolute Gasteiger partial charge is 0.279 e. The van der Waals surface area contributed by atoms with Crippen LogP contribution in [0.25, 0.3) is 11.0 Å². The highest BCUT2D eigenvalue weighted by atomic mass is 16.1. The van der Waals surface area contributed by atoms with Gasteiger partial charge in [0.05, 0.1) is 5.39 Å². The number of aryl methyl sites for hydroxylation is 1. The van der Waals surface area contributed by atoms with Crippen molar-refractivity contribution in [3.05, 3.63) is 29.2 Å². The fourth-order valence-electron chi connectivity index (χ4n) is 1.01. The lowest BCUT2D eigenvalue weighted by Crippen LogP contribution is -2.20. The lowest BCUT2D eigenvalue weighted by Gasteiger charge is -1.99. The van der Waals surface area contributed by atoms with Gasteiger partial charge in [-0.05, 0) is 0 Å². The van der Waals surface area contributed by atoms with Crippen LogP contribution in [0.15, 0.2) is 23.5 Å². The Morgan fingerprint density at radius 2 is 2.17 bits per heavy atom. The zero-order valence-corrected chi connectivity index (χ0v) is 6.43. The second-order valence-corrected chi connectivity index (χ2v) is 2.40. The highest BCUT2D eigenvalue weighted by Gasteiger charge is 1.98. The van der Waals surface area contributed by atoms with Crippen molar-refractivity contribution in [2.75, 3.05) is 0 Å². The molecule has 0 amide bonds. The van der Waals surface area contributed by atoms with Crippen molar-refractivity contribution in [3.8, 4) is 0 Å². The van der Waals surface area contributed by atoms with Gasteiger partial charge in [0.25, 0.3) is 0 Å². The van der Waals surface area contributed by atoms with Gasteiger partial charge < -0.3 is 0 Å². The molecule has 0 aliphatic heterocycles. The highest BCUT2D eigenvalue weighted by Crippen LogP contribution is 2.01. The molecular formula is C7H6N4O. The van der Waals surface area contributed by atoms with Crippen molar-refractivity contribution in [1.82, 2.24) is 19.5 Å². The average molecular weight is 162 g/mol. The van der Waals surface area contributed by atoms with Crippen molar-refractivity contribution in [2.45, 2.75) is 0 Å². The summed E-state index contributed by atoms with van der Waals surface area (Å²) in [7, 11) is 1.63. The average Bonchev–Trinajstić information content (AvgIpc) is 2.12. The first-order chi connectivity index (χ1) is 5.79. The van der Waals surface area contributed by atoms with Crippen LogP contribution >= 0.6 is 0 Å². The van der Waals surface area contributed by atoms with Gasteiger partial charge >= 0.3 is 5.69 Å². The van der Waals surface area contributed by atoms with Crippen molar-refractivity contribution >= 4 is 11.0 Å². The minimum atomic E-state index is -0.304. The topological polar surface area (TPSA) is 60.7 Å². The van der Waals surface area contributed by atoms with Crippen LogP contribution in [0.5, 0.6) is 0 Å². The van der Waals surface area contributed by atoms with Crippen molar-refractivity contribution in [2.24, 2.45) is 7.05 Å². The van der Waals surface area contributed by atoms with Crippen LogP contribution in [0.3, 0.4) is 0 Å². The van der Waals surface area contributed by atoms with E-state index in [2.05, 4.69) is 15.0 Å². The summed E-state index contributed by atoms with van der Waals surface area (Å²) in [5.41, 5.74) is 0.297. The SMILES string of the molecule is Cn1c(=O)ncc2cncnc21. The second-order valence-electron chi connectivity index (χ2n) is 2.40. The standard InChI is InChI=1S/C7H6N4O/c1-11-6-5(2-8-4-10-6)3-9-7(11)12/h2-4H,1H3. The van der Waals surface area contributed by atoms with E-state index < -0.39 is 0 Å². The summed E-state index contributed by atoms with van der Waals surface area (Å²) >= 11 is 0. The molecule has 0 aliphatic rings. The quantitative estimate of drug-likeness (QED) is 0.534. The van der Waals surface area contributed by atoms with E-state index in [1.807, 2.05) is 0 Å². The zero-order valence-electron chi connectivity index (χ0n) is 6.43. The first-order valence-electron chi connectivity index (χ1n) is 3.41. The maximum atomic E-state index is 11.0. The Bertz CT molecular complexity index is 476. The molecule has 0 radical (unpaired) electrons. The molecule has 5 nitrogen and oxygen atoms in total. The molecule has 5 heteroatoms. The highest BCUT2D eigenvalue weighted by molar-refractivity contribution is 5.71. The molecule has 0 aromatic carbocycles. The van der Waals surface area contributed by atoms with Crippen LogP contribution in [0.1, 0.15) is 0 Å². The molecule has 2 aromatic rings. The number of hydrogen-bond acceptors (Lipinski definition) is 4. The molecule has 0 unspecified atom stereocenters. The van der Waals surface area contributed by atoms with E-state index >= 15 is 0 Å². The van der Waals surface area contributed by atoms with E-state index in [1.54, 1.807) is 13.2 Å². The third-order valence-corrected chi connectivity index (χ3v) is 1.64. The van der Waals surface area contributed by atoms with Gasteiger partial charge in [0.15, 0.2) is 0 Å². The summed E-state index contributed by atoms with van der Waals surface area (Å²) in [5.74, 6) is 0. The van der Waals surface area contributed by atoms with E-state index in [4.69, 9.17) is 0 Å². The van der Waals surface area contributed by atoms with Gasteiger partial charge in [0.2, 0.25) is 0 Å². The largest absolute Gasteiger partial charge is 0.348 e. The van der Waals surface area contributed by atoms with Crippen LogP contribution in [-0.4, -0.2) is 19.5 Å². The normalized spacial score (nSPS) is 10.4. The van der Waals surface area contributed by atoms with Crippen LogP contribution in [-0.2, 0) is 7.05 Å². The van der Waals surface area contributed by atoms with E-state index in [0.717, 1.165) is 5.39 Å². The minimum absolute atomic E-state index is 0.304. The van der Waals surface area contributed by atoms with Crippen LogP contribution in [0.4, 0.5) is 0 Å². The van der Waals surface area contributed by atoms with E-state index in [9.17, 15) is 4.79 Å². The van der Waals surface area contributed by atoms with Gasteiger partial charge in [0, 0.05) is 19.4 Å². The third kappa shape index (κ3) is 0.868. The first kappa shape index (κ1) is 6.90. The predicted molar refractivity (Wildman–Crippen MR) is 42.6 cm³/mol. The summed E-state index contributed by atoms with van der Waals surface area (Å²) < 4.78 is 1.39. The van der Waals surface area contributed by atoms with Gasteiger partial charge in [-0.15, -0.1) is 0 Å². The van der Waals surface area contributed by atoms with Gasteiger partial charge in [-0.2, -0.15) is 0 Å². The monoisotopic (exact) mass is 162 g/mol.